The largest absolute Gasteiger partial charge is 0.351 e. The number of hydrogen-bond donors (Lipinski definition) is 1. The summed E-state index contributed by atoms with van der Waals surface area (Å²) in [5.74, 6) is 0.992. The first-order valence-electron chi connectivity index (χ1n) is 9.99. The Hall–Kier alpha value is -3.39. The molecular formula is C23H24N6OS. The molecule has 2 heterocycles. The summed E-state index contributed by atoms with van der Waals surface area (Å²) < 4.78 is 3.80. The Morgan fingerprint density at radius 1 is 1.06 bits per heavy atom. The van der Waals surface area contributed by atoms with Gasteiger partial charge in [0, 0.05) is 18.3 Å². The van der Waals surface area contributed by atoms with Crippen LogP contribution in [0, 0.1) is 20.8 Å². The van der Waals surface area contributed by atoms with Crippen molar-refractivity contribution in [2.75, 3.05) is 5.75 Å². The van der Waals surface area contributed by atoms with Gasteiger partial charge in [-0.2, -0.15) is 5.10 Å². The summed E-state index contributed by atoms with van der Waals surface area (Å²) in [6.45, 7) is 6.46. The minimum atomic E-state index is -0.0642. The molecule has 0 saturated carbocycles. The Kier molecular flexibility index (Phi) is 6.18. The molecule has 7 nitrogen and oxygen atoms in total. The van der Waals surface area contributed by atoms with E-state index in [1.165, 1.54) is 17.3 Å². The number of thioether (sulfide) groups is 1. The Morgan fingerprint density at radius 2 is 1.87 bits per heavy atom. The van der Waals surface area contributed by atoms with Gasteiger partial charge in [-0.25, -0.2) is 4.68 Å². The van der Waals surface area contributed by atoms with E-state index in [2.05, 4.69) is 52.7 Å². The van der Waals surface area contributed by atoms with Crippen molar-refractivity contribution in [2.24, 2.45) is 0 Å². The number of carbonyl (C=O) groups is 1. The molecule has 4 aromatic rings. The molecule has 0 fully saturated rings. The summed E-state index contributed by atoms with van der Waals surface area (Å²) in [5, 5.41) is 16.5. The van der Waals surface area contributed by atoms with E-state index in [0.29, 0.717) is 11.7 Å². The third-order valence-electron chi connectivity index (χ3n) is 4.88. The van der Waals surface area contributed by atoms with Crippen molar-refractivity contribution in [3.63, 3.8) is 0 Å². The maximum absolute atomic E-state index is 12.4. The third-order valence-corrected chi connectivity index (χ3v) is 5.81. The molecule has 0 radical (unpaired) electrons. The van der Waals surface area contributed by atoms with Gasteiger partial charge in [0.15, 0.2) is 5.16 Å². The number of benzene rings is 2. The number of nitrogens with zero attached hydrogens (tertiary/aromatic N) is 5. The molecule has 0 saturated heterocycles. The zero-order valence-corrected chi connectivity index (χ0v) is 18.6. The van der Waals surface area contributed by atoms with Crippen LogP contribution in [0.1, 0.15) is 22.5 Å². The third kappa shape index (κ3) is 4.86. The second-order valence-electron chi connectivity index (χ2n) is 7.35. The molecule has 0 bridgehead atoms. The van der Waals surface area contributed by atoms with Crippen molar-refractivity contribution in [3.05, 3.63) is 83.4 Å². The number of nitrogens with one attached hydrogen (secondary N) is 1. The fourth-order valence-corrected chi connectivity index (χ4v) is 4.05. The zero-order chi connectivity index (χ0) is 21.8. The Labute approximate surface area is 185 Å². The normalized spacial score (nSPS) is 10.9. The number of aryl methyl sites for hydroxylation is 3. The first kappa shape index (κ1) is 20.9. The highest BCUT2D eigenvalue weighted by Gasteiger charge is 2.15. The van der Waals surface area contributed by atoms with Gasteiger partial charge < -0.3 is 5.32 Å². The smallest absolute Gasteiger partial charge is 0.230 e. The molecule has 0 aliphatic carbocycles. The maximum atomic E-state index is 12.4. The van der Waals surface area contributed by atoms with Gasteiger partial charge in [-0.1, -0.05) is 42.1 Å². The van der Waals surface area contributed by atoms with Crippen LogP contribution in [0.2, 0.25) is 0 Å². The lowest BCUT2D eigenvalue weighted by Crippen LogP contribution is -2.24. The highest BCUT2D eigenvalue weighted by molar-refractivity contribution is 7.99. The average Bonchev–Trinajstić information content (AvgIpc) is 3.40. The number of para-hydroxylation sites is 1. The van der Waals surface area contributed by atoms with Gasteiger partial charge in [0.2, 0.25) is 5.91 Å². The monoisotopic (exact) mass is 432 g/mol. The Balaban J connectivity index is 1.37. The summed E-state index contributed by atoms with van der Waals surface area (Å²) in [6, 6.07) is 16.1. The van der Waals surface area contributed by atoms with Crippen LogP contribution in [0.4, 0.5) is 0 Å². The summed E-state index contributed by atoms with van der Waals surface area (Å²) in [7, 11) is 0. The Morgan fingerprint density at radius 3 is 2.68 bits per heavy atom. The van der Waals surface area contributed by atoms with Gasteiger partial charge in [-0.3, -0.25) is 9.36 Å². The van der Waals surface area contributed by atoms with Gasteiger partial charge in [-0.05, 0) is 50.1 Å². The quantitative estimate of drug-likeness (QED) is 0.450. The van der Waals surface area contributed by atoms with E-state index in [-0.39, 0.29) is 11.7 Å². The summed E-state index contributed by atoms with van der Waals surface area (Å²) >= 11 is 1.38. The van der Waals surface area contributed by atoms with Crippen molar-refractivity contribution >= 4 is 17.7 Å². The standard InChI is InChI=1S/C23H24N6OS/c1-16-9-10-17(2)21(11-16)29-18(3)26-27-23(29)31-15-22(30)24-12-19-13-25-28(14-19)20-7-5-4-6-8-20/h4-11,13-14H,12,15H2,1-3H3,(H,24,30). The molecule has 0 atom stereocenters. The summed E-state index contributed by atoms with van der Waals surface area (Å²) in [4.78, 5) is 12.4. The summed E-state index contributed by atoms with van der Waals surface area (Å²) in [6.07, 6.45) is 3.68. The van der Waals surface area contributed by atoms with Gasteiger partial charge >= 0.3 is 0 Å². The highest BCUT2D eigenvalue weighted by Crippen LogP contribution is 2.24. The van der Waals surface area contributed by atoms with Crippen LogP contribution >= 0.6 is 11.8 Å². The lowest BCUT2D eigenvalue weighted by molar-refractivity contribution is -0.118. The summed E-state index contributed by atoms with van der Waals surface area (Å²) in [5.41, 5.74) is 5.26. The van der Waals surface area contributed by atoms with E-state index >= 15 is 0 Å². The van der Waals surface area contributed by atoms with E-state index in [1.807, 2.05) is 48.0 Å². The molecule has 0 aliphatic rings. The number of amides is 1. The van der Waals surface area contributed by atoms with E-state index in [4.69, 9.17) is 0 Å². The number of hydrogen-bond acceptors (Lipinski definition) is 5. The van der Waals surface area contributed by atoms with Crippen LogP contribution in [0.15, 0.2) is 66.1 Å². The van der Waals surface area contributed by atoms with Crippen molar-refractivity contribution < 1.29 is 4.79 Å². The SMILES string of the molecule is Cc1ccc(C)c(-n2c(C)nnc2SCC(=O)NCc2cnn(-c3ccccc3)c2)c1. The molecule has 0 aliphatic heterocycles. The van der Waals surface area contributed by atoms with Crippen LogP contribution in [0.3, 0.4) is 0 Å². The minimum absolute atomic E-state index is 0.0642. The fraction of sp³-hybridized carbons (Fsp3) is 0.217. The predicted octanol–water partition coefficient (Wildman–Crippen LogP) is 3.79. The minimum Gasteiger partial charge on any atom is -0.351 e. The molecular weight excluding hydrogens is 408 g/mol. The lowest BCUT2D eigenvalue weighted by atomic mass is 10.1. The van der Waals surface area contributed by atoms with Gasteiger partial charge in [0.25, 0.3) is 0 Å². The van der Waals surface area contributed by atoms with Crippen LogP contribution < -0.4 is 5.32 Å². The number of aromatic nitrogens is 5. The molecule has 0 spiro atoms. The van der Waals surface area contributed by atoms with Crippen LogP contribution in [-0.2, 0) is 11.3 Å². The van der Waals surface area contributed by atoms with Gasteiger partial charge in [0.05, 0.1) is 23.3 Å². The van der Waals surface area contributed by atoms with Crippen molar-refractivity contribution in [2.45, 2.75) is 32.5 Å². The van der Waals surface area contributed by atoms with Crippen molar-refractivity contribution in [1.82, 2.24) is 29.9 Å². The topological polar surface area (TPSA) is 77.6 Å². The molecule has 4 rings (SSSR count). The molecule has 2 aromatic heterocycles. The molecule has 1 N–H and O–H groups in total. The van der Waals surface area contributed by atoms with Gasteiger partial charge in [0.1, 0.15) is 5.82 Å². The van der Waals surface area contributed by atoms with Crippen LogP contribution in [0.25, 0.3) is 11.4 Å². The van der Waals surface area contributed by atoms with Crippen molar-refractivity contribution in [3.8, 4) is 11.4 Å². The molecule has 2 aromatic carbocycles. The highest BCUT2D eigenvalue weighted by atomic mass is 32.2. The van der Waals surface area contributed by atoms with E-state index in [9.17, 15) is 4.79 Å². The molecule has 0 unspecified atom stereocenters. The molecule has 158 valence electrons. The van der Waals surface area contributed by atoms with Crippen molar-refractivity contribution in [1.29, 1.82) is 0 Å². The molecule has 8 heteroatoms. The second kappa shape index (κ2) is 9.18. The van der Waals surface area contributed by atoms with Gasteiger partial charge in [-0.15, -0.1) is 10.2 Å². The van der Waals surface area contributed by atoms with Crippen LogP contribution in [-0.4, -0.2) is 36.2 Å². The average molecular weight is 433 g/mol. The lowest BCUT2D eigenvalue weighted by Gasteiger charge is -2.12. The van der Waals surface area contributed by atoms with E-state index in [0.717, 1.165) is 28.3 Å². The van der Waals surface area contributed by atoms with E-state index < -0.39 is 0 Å². The first-order chi connectivity index (χ1) is 15.0. The maximum Gasteiger partial charge on any atom is 0.230 e. The zero-order valence-electron chi connectivity index (χ0n) is 17.7. The number of rotatable bonds is 7. The van der Waals surface area contributed by atoms with E-state index in [1.54, 1.807) is 10.9 Å². The predicted molar refractivity (Wildman–Crippen MR) is 122 cm³/mol. The number of carbonyl (C=O) groups excluding carboxylic acids is 1. The Bertz CT molecular complexity index is 1200. The first-order valence-corrected chi connectivity index (χ1v) is 11.0. The fourth-order valence-electron chi connectivity index (χ4n) is 3.23. The molecule has 31 heavy (non-hydrogen) atoms. The second-order valence-corrected chi connectivity index (χ2v) is 8.29. The molecule has 1 amide bonds. The van der Waals surface area contributed by atoms with Crippen LogP contribution in [0.5, 0.6) is 0 Å².